The van der Waals surface area contributed by atoms with Gasteiger partial charge in [-0.1, -0.05) is 6.92 Å². The number of nitrogens with one attached hydrogen (secondary N) is 1. The summed E-state index contributed by atoms with van der Waals surface area (Å²) in [6.07, 6.45) is 1.10. The van der Waals surface area contributed by atoms with Crippen LogP contribution in [-0.2, 0) is 11.3 Å². The van der Waals surface area contributed by atoms with Gasteiger partial charge in [-0.3, -0.25) is 4.90 Å². The minimum Gasteiger partial charge on any atom is -0.378 e. The lowest BCUT2D eigenvalue weighted by Gasteiger charge is -2.34. The summed E-state index contributed by atoms with van der Waals surface area (Å²) < 4.78 is 5.55. The Labute approximate surface area is 123 Å². The van der Waals surface area contributed by atoms with Gasteiger partial charge in [0.05, 0.1) is 25.1 Å². The molecular formula is C14H20N4OS. The number of aromatic nitrogens is 2. The van der Waals surface area contributed by atoms with Crippen LogP contribution >= 0.6 is 11.3 Å². The first-order valence-electron chi connectivity index (χ1n) is 7.05. The Morgan fingerprint density at radius 3 is 3.20 bits per heavy atom. The Hall–Kier alpha value is -1.24. The molecule has 2 aromatic heterocycles. The summed E-state index contributed by atoms with van der Waals surface area (Å²) in [6.45, 7) is 5.57. The van der Waals surface area contributed by atoms with Crippen molar-refractivity contribution in [3.05, 3.63) is 17.3 Å². The SMILES string of the molecule is CCC1COCCN1Cc1nc(NC)c2ccsc2n1. The van der Waals surface area contributed by atoms with Gasteiger partial charge in [0, 0.05) is 19.6 Å². The predicted octanol–water partition coefficient (Wildman–Crippen LogP) is 2.34. The molecular weight excluding hydrogens is 272 g/mol. The molecule has 1 fully saturated rings. The fourth-order valence-electron chi connectivity index (χ4n) is 2.62. The van der Waals surface area contributed by atoms with Crippen LogP contribution in [0.3, 0.4) is 0 Å². The molecule has 0 aliphatic carbocycles. The van der Waals surface area contributed by atoms with Gasteiger partial charge in [0.2, 0.25) is 0 Å². The molecule has 1 unspecified atom stereocenters. The number of hydrogen-bond acceptors (Lipinski definition) is 6. The Morgan fingerprint density at radius 2 is 2.40 bits per heavy atom. The van der Waals surface area contributed by atoms with Gasteiger partial charge in [-0.05, 0) is 17.9 Å². The molecule has 2 aromatic rings. The van der Waals surface area contributed by atoms with E-state index < -0.39 is 0 Å². The van der Waals surface area contributed by atoms with Crippen molar-refractivity contribution < 1.29 is 4.74 Å². The van der Waals surface area contributed by atoms with Crippen molar-refractivity contribution in [1.29, 1.82) is 0 Å². The average Bonchev–Trinajstić information content (AvgIpc) is 2.95. The molecule has 0 saturated carbocycles. The standard InChI is InChI=1S/C14H20N4OS/c1-3-10-9-19-6-5-18(10)8-12-16-13(15-2)11-4-7-20-14(11)17-12/h4,7,10H,3,5-6,8-9H2,1-2H3,(H,15,16,17). The molecule has 1 aliphatic heterocycles. The fourth-order valence-corrected chi connectivity index (χ4v) is 3.40. The quantitative estimate of drug-likeness (QED) is 0.937. The smallest absolute Gasteiger partial charge is 0.146 e. The summed E-state index contributed by atoms with van der Waals surface area (Å²) in [5, 5.41) is 6.34. The first-order valence-corrected chi connectivity index (χ1v) is 7.93. The van der Waals surface area contributed by atoms with Crippen LogP contribution in [0.5, 0.6) is 0 Å². The summed E-state index contributed by atoms with van der Waals surface area (Å²) >= 11 is 1.67. The van der Waals surface area contributed by atoms with E-state index in [-0.39, 0.29) is 0 Å². The maximum atomic E-state index is 5.55. The normalized spacial score (nSPS) is 20.4. The number of rotatable bonds is 4. The lowest BCUT2D eigenvalue weighted by atomic mass is 10.2. The van der Waals surface area contributed by atoms with E-state index in [9.17, 15) is 0 Å². The molecule has 0 radical (unpaired) electrons. The van der Waals surface area contributed by atoms with Gasteiger partial charge in [0.1, 0.15) is 16.5 Å². The summed E-state index contributed by atoms with van der Waals surface area (Å²) in [7, 11) is 1.91. The summed E-state index contributed by atoms with van der Waals surface area (Å²) in [6, 6.07) is 2.54. The maximum Gasteiger partial charge on any atom is 0.146 e. The molecule has 3 rings (SSSR count). The third-order valence-electron chi connectivity index (χ3n) is 3.77. The molecule has 0 spiro atoms. The van der Waals surface area contributed by atoms with E-state index in [1.807, 2.05) is 7.05 Å². The summed E-state index contributed by atoms with van der Waals surface area (Å²) in [5.41, 5.74) is 0. The molecule has 1 N–H and O–H groups in total. The van der Waals surface area contributed by atoms with Gasteiger partial charge in [-0.2, -0.15) is 0 Å². The molecule has 6 heteroatoms. The molecule has 1 aliphatic rings. The predicted molar refractivity (Wildman–Crippen MR) is 82.3 cm³/mol. The van der Waals surface area contributed by atoms with Crippen LogP contribution in [0.2, 0.25) is 0 Å². The van der Waals surface area contributed by atoms with Crippen molar-refractivity contribution in [2.24, 2.45) is 0 Å². The van der Waals surface area contributed by atoms with E-state index in [0.717, 1.165) is 54.6 Å². The van der Waals surface area contributed by atoms with Gasteiger partial charge in [-0.25, -0.2) is 9.97 Å². The molecule has 20 heavy (non-hydrogen) atoms. The Kier molecular flexibility index (Phi) is 4.14. The van der Waals surface area contributed by atoms with Crippen LogP contribution in [0.4, 0.5) is 5.82 Å². The van der Waals surface area contributed by atoms with E-state index in [1.165, 1.54) is 0 Å². The Balaban J connectivity index is 1.86. The lowest BCUT2D eigenvalue weighted by Crippen LogP contribution is -2.44. The molecule has 1 atom stereocenters. The van der Waals surface area contributed by atoms with E-state index in [0.29, 0.717) is 6.04 Å². The van der Waals surface area contributed by atoms with Crippen LogP contribution in [-0.4, -0.2) is 47.7 Å². The summed E-state index contributed by atoms with van der Waals surface area (Å²) in [4.78, 5) is 12.8. The number of morpholine rings is 1. The first-order chi connectivity index (χ1) is 9.81. The van der Waals surface area contributed by atoms with Crippen LogP contribution in [0.15, 0.2) is 11.4 Å². The lowest BCUT2D eigenvalue weighted by molar-refractivity contribution is -0.0137. The first kappa shape index (κ1) is 13.7. The molecule has 0 amide bonds. The van der Waals surface area contributed by atoms with Gasteiger partial charge in [0.15, 0.2) is 0 Å². The van der Waals surface area contributed by atoms with Crippen LogP contribution < -0.4 is 5.32 Å². The van der Waals surface area contributed by atoms with Crippen molar-refractivity contribution in [2.75, 3.05) is 32.1 Å². The second-order valence-electron chi connectivity index (χ2n) is 4.99. The highest BCUT2D eigenvalue weighted by atomic mass is 32.1. The van der Waals surface area contributed by atoms with E-state index >= 15 is 0 Å². The highest BCUT2D eigenvalue weighted by Crippen LogP contribution is 2.25. The summed E-state index contributed by atoms with van der Waals surface area (Å²) in [5.74, 6) is 1.82. The van der Waals surface area contributed by atoms with Gasteiger partial charge < -0.3 is 10.1 Å². The van der Waals surface area contributed by atoms with Crippen molar-refractivity contribution in [2.45, 2.75) is 25.9 Å². The van der Waals surface area contributed by atoms with Crippen molar-refractivity contribution in [3.63, 3.8) is 0 Å². The van der Waals surface area contributed by atoms with E-state index in [1.54, 1.807) is 11.3 Å². The minimum atomic E-state index is 0.476. The second kappa shape index (κ2) is 6.03. The topological polar surface area (TPSA) is 50.3 Å². The molecule has 0 aromatic carbocycles. The van der Waals surface area contributed by atoms with Crippen molar-refractivity contribution in [3.8, 4) is 0 Å². The van der Waals surface area contributed by atoms with Crippen molar-refractivity contribution in [1.82, 2.24) is 14.9 Å². The molecule has 0 bridgehead atoms. The van der Waals surface area contributed by atoms with E-state index in [4.69, 9.17) is 9.72 Å². The number of thiophene rings is 1. The zero-order valence-electron chi connectivity index (χ0n) is 11.9. The van der Waals surface area contributed by atoms with Gasteiger partial charge in [0.25, 0.3) is 0 Å². The monoisotopic (exact) mass is 292 g/mol. The zero-order chi connectivity index (χ0) is 13.9. The van der Waals surface area contributed by atoms with Gasteiger partial charge >= 0.3 is 0 Å². The molecule has 3 heterocycles. The van der Waals surface area contributed by atoms with Crippen LogP contribution in [0, 0.1) is 0 Å². The fraction of sp³-hybridized carbons (Fsp3) is 0.571. The molecule has 1 saturated heterocycles. The highest BCUT2D eigenvalue weighted by molar-refractivity contribution is 7.16. The maximum absolute atomic E-state index is 5.55. The third-order valence-corrected chi connectivity index (χ3v) is 4.58. The molecule has 5 nitrogen and oxygen atoms in total. The average molecular weight is 292 g/mol. The number of ether oxygens (including phenoxy) is 1. The van der Waals surface area contributed by atoms with Gasteiger partial charge in [-0.15, -0.1) is 11.3 Å². The largest absolute Gasteiger partial charge is 0.378 e. The number of nitrogens with zero attached hydrogens (tertiary/aromatic N) is 3. The van der Waals surface area contributed by atoms with Crippen molar-refractivity contribution >= 4 is 27.4 Å². The van der Waals surface area contributed by atoms with Crippen LogP contribution in [0.25, 0.3) is 10.2 Å². The minimum absolute atomic E-state index is 0.476. The number of hydrogen-bond donors (Lipinski definition) is 1. The van der Waals surface area contributed by atoms with Crippen LogP contribution in [0.1, 0.15) is 19.2 Å². The highest BCUT2D eigenvalue weighted by Gasteiger charge is 2.22. The third kappa shape index (κ3) is 2.63. The Morgan fingerprint density at radius 1 is 1.50 bits per heavy atom. The van der Waals surface area contributed by atoms with E-state index in [2.05, 4.69) is 33.6 Å². The molecule has 108 valence electrons. The number of anilines is 1. The number of fused-ring (bicyclic) bond motifs is 1. The zero-order valence-corrected chi connectivity index (χ0v) is 12.7. The second-order valence-corrected chi connectivity index (χ2v) is 5.88. The Bertz CT molecular complexity index is 586.